The lowest BCUT2D eigenvalue weighted by Crippen LogP contribution is -2.50. The standard InChI is InChI=1S/C19H25F2N3O2.ClH/c20-19(21)12-16(22-13-19)18(26)23-15-8-10-24(11-9-15)17(25)7-6-14-4-2-1-3-5-14;/h1-5,15-16,22H,6-13H2,(H,23,26);1H. The van der Waals surface area contributed by atoms with Crippen LogP contribution >= 0.6 is 12.4 Å². The fourth-order valence-corrected chi connectivity index (χ4v) is 3.53. The van der Waals surface area contributed by atoms with E-state index < -0.39 is 24.9 Å². The van der Waals surface area contributed by atoms with E-state index in [9.17, 15) is 18.4 Å². The topological polar surface area (TPSA) is 61.4 Å². The molecule has 0 saturated carbocycles. The predicted molar refractivity (Wildman–Crippen MR) is 101 cm³/mol. The molecule has 2 fully saturated rings. The number of amides is 2. The summed E-state index contributed by atoms with van der Waals surface area (Å²) in [6.45, 7) is 0.735. The van der Waals surface area contributed by atoms with E-state index in [1.54, 1.807) is 0 Å². The number of halogens is 3. The van der Waals surface area contributed by atoms with Crippen molar-refractivity contribution in [1.82, 2.24) is 15.5 Å². The van der Waals surface area contributed by atoms with E-state index in [4.69, 9.17) is 0 Å². The molecule has 1 atom stereocenters. The maximum absolute atomic E-state index is 13.2. The van der Waals surface area contributed by atoms with E-state index >= 15 is 0 Å². The van der Waals surface area contributed by atoms with Crippen molar-refractivity contribution in [3.8, 4) is 0 Å². The van der Waals surface area contributed by atoms with Gasteiger partial charge < -0.3 is 10.2 Å². The third-order valence-corrected chi connectivity index (χ3v) is 5.09. The molecule has 0 radical (unpaired) electrons. The van der Waals surface area contributed by atoms with Crippen LogP contribution in [0, 0.1) is 0 Å². The van der Waals surface area contributed by atoms with Crippen molar-refractivity contribution >= 4 is 24.2 Å². The number of aryl methyl sites for hydroxylation is 1. The van der Waals surface area contributed by atoms with Crippen LogP contribution in [0.3, 0.4) is 0 Å². The Bertz CT molecular complexity index is 637. The highest BCUT2D eigenvalue weighted by atomic mass is 35.5. The average molecular weight is 402 g/mol. The number of alkyl halides is 2. The Balaban J connectivity index is 0.00000261. The summed E-state index contributed by atoms with van der Waals surface area (Å²) in [7, 11) is 0. The molecule has 1 aromatic rings. The molecular weight excluding hydrogens is 376 g/mol. The summed E-state index contributed by atoms with van der Waals surface area (Å²) in [6.07, 6.45) is 2.06. The van der Waals surface area contributed by atoms with E-state index in [0.717, 1.165) is 12.0 Å². The summed E-state index contributed by atoms with van der Waals surface area (Å²) in [5.41, 5.74) is 1.14. The number of piperidine rings is 1. The number of hydrogen-bond acceptors (Lipinski definition) is 3. The highest BCUT2D eigenvalue weighted by Gasteiger charge is 2.42. The Morgan fingerprint density at radius 3 is 2.44 bits per heavy atom. The number of carbonyl (C=O) groups excluding carboxylic acids is 2. The summed E-state index contributed by atoms with van der Waals surface area (Å²) in [5.74, 6) is -3.05. The van der Waals surface area contributed by atoms with Crippen LogP contribution in [0.15, 0.2) is 30.3 Å². The van der Waals surface area contributed by atoms with Gasteiger partial charge in [-0.1, -0.05) is 30.3 Å². The van der Waals surface area contributed by atoms with Crippen molar-refractivity contribution in [1.29, 1.82) is 0 Å². The monoisotopic (exact) mass is 401 g/mol. The zero-order valence-electron chi connectivity index (χ0n) is 15.1. The minimum atomic E-state index is -2.81. The van der Waals surface area contributed by atoms with E-state index in [1.165, 1.54) is 0 Å². The molecule has 8 heteroatoms. The van der Waals surface area contributed by atoms with Crippen LogP contribution in [0.25, 0.3) is 0 Å². The maximum atomic E-state index is 13.2. The molecule has 2 aliphatic heterocycles. The summed E-state index contributed by atoms with van der Waals surface area (Å²) < 4.78 is 26.4. The third kappa shape index (κ3) is 6.14. The maximum Gasteiger partial charge on any atom is 0.262 e. The fourth-order valence-electron chi connectivity index (χ4n) is 3.53. The molecule has 2 N–H and O–H groups in total. The van der Waals surface area contributed by atoms with E-state index in [-0.39, 0.29) is 30.3 Å². The lowest BCUT2D eigenvalue weighted by Gasteiger charge is -2.33. The number of rotatable bonds is 5. The molecule has 0 bridgehead atoms. The van der Waals surface area contributed by atoms with Gasteiger partial charge in [-0.05, 0) is 24.8 Å². The number of nitrogens with zero attached hydrogens (tertiary/aromatic N) is 1. The molecule has 150 valence electrons. The molecule has 2 saturated heterocycles. The second-order valence-corrected chi connectivity index (χ2v) is 7.14. The Morgan fingerprint density at radius 1 is 1.19 bits per heavy atom. The molecule has 0 aliphatic carbocycles. The van der Waals surface area contributed by atoms with Crippen molar-refractivity contribution in [2.45, 2.75) is 50.1 Å². The minimum absolute atomic E-state index is 0. The zero-order valence-corrected chi connectivity index (χ0v) is 15.9. The molecule has 0 spiro atoms. The van der Waals surface area contributed by atoms with Gasteiger partial charge >= 0.3 is 0 Å². The number of carbonyl (C=O) groups is 2. The number of hydrogen-bond donors (Lipinski definition) is 2. The third-order valence-electron chi connectivity index (χ3n) is 5.09. The van der Waals surface area contributed by atoms with Crippen molar-refractivity contribution < 1.29 is 18.4 Å². The number of likely N-dealkylation sites (tertiary alicyclic amines) is 1. The number of benzene rings is 1. The van der Waals surface area contributed by atoms with Crippen LogP contribution in [0.4, 0.5) is 8.78 Å². The molecule has 1 unspecified atom stereocenters. The Hall–Kier alpha value is -1.73. The Kier molecular flexibility index (Phi) is 7.56. The van der Waals surface area contributed by atoms with Crippen LogP contribution in [-0.4, -0.2) is 54.4 Å². The second kappa shape index (κ2) is 9.46. The fraction of sp³-hybridized carbons (Fsp3) is 0.579. The van der Waals surface area contributed by atoms with Crippen LogP contribution in [0.5, 0.6) is 0 Å². The quantitative estimate of drug-likeness (QED) is 0.794. The van der Waals surface area contributed by atoms with Gasteiger partial charge in [0.2, 0.25) is 11.8 Å². The van der Waals surface area contributed by atoms with Gasteiger partial charge in [0.05, 0.1) is 12.6 Å². The van der Waals surface area contributed by atoms with E-state index in [0.29, 0.717) is 32.4 Å². The van der Waals surface area contributed by atoms with Gasteiger partial charge in [0.1, 0.15) is 0 Å². The van der Waals surface area contributed by atoms with E-state index in [2.05, 4.69) is 10.6 Å². The molecule has 2 amide bonds. The van der Waals surface area contributed by atoms with Crippen molar-refractivity contribution in [3.63, 3.8) is 0 Å². The molecule has 27 heavy (non-hydrogen) atoms. The first-order valence-electron chi connectivity index (χ1n) is 9.16. The largest absolute Gasteiger partial charge is 0.352 e. The van der Waals surface area contributed by atoms with Gasteiger partial charge in [0, 0.05) is 32.0 Å². The van der Waals surface area contributed by atoms with Crippen molar-refractivity contribution in [2.75, 3.05) is 19.6 Å². The SMILES string of the molecule is Cl.O=C(NC1CCN(C(=O)CCc2ccccc2)CC1)C1CC(F)(F)CN1. The summed E-state index contributed by atoms with van der Waals surface area (Å²) in [4.78, 5) is 26.2. The lowest BCUT2D eigenvalue weighted by molar-refractivity contribution is -0.132. The van der Waals surface area contributed by atoms with Gasteiger partial charge in [-0.25, -0.2) is 8.78 Å². The summed E-state index contributed by atoms with van der Waals surface area (Å²) in [5, 5.41) is 5.41. The first-order chi connectivity index (χ1) is 12.4. The summed E-state index contributed by atoms with van der Waals surface area (Å²) >= 11 is 0. The van der Waals surface area contributed by atoms with Gasteiger partial charge in [0.25, 0.3) is 5.92 Å². The van der Waals surface area contributed by atoms with Crippen LogP contribution in [-0.2, 0) is 16.0 Å². The van der Waals surface area contributed by atoms with Crippen LogP contribution in [0.1, 0.15) is 31.2 Å². The molecule has 3 rings (SSSR count). The molecule has 1 aromatic carbocycles. The first-order valence-corrected chi connectivity index (χ1v) is 9.16. The second-order valence-electron chi connectivity index (χ2n) is 7.14. The van der Waals surface area contributed by atoms with Crippen LogP contribution < -0.4 is 10.6 Å². The summed E-state index contributed by atoms with van der Waals surface area (Å²) in [6, 6.07) is 9.01. The molecule has 2 aliphatic rings. The number of nitrogens with one attached hydrogen (secondary N) is 2. The van der Waals surface area contributed by atoms with Gasteiger partial charge in [-0.15, -0.1) is 12.4 Å². The molecule has 0 aromatic heterocycles. The average Bonchev–Trinajstić information content (AvgIpc) is 3.01. The minimum Gasteiger partial charge on any atom is -0.352 e. The smallest absolute Gasteiger partial charge is 0.262 e. The highest BCUT2D eigenvalue weighted by molar-refractivity contribution is 5.85. The Labute approximate surface area is 164 Å². The van der Waals surface area contributed by atoms with Gasteiger partial charge in [0.15, 0.2) is 0 Å². The van der Waals surface area contributed by atoms with Crippen molar-refractivity contribution in [3.05, 3.63) is 35.9 Å². The molecule has 2 heterocycles. The Morgan fingerprint density at radius 2 is 1.85 bits per heavy atom. The van der Waals surface area contributed by atoms with E-state index in [1.807, 2.05) is 35.2 Å². The highest BCUT2D eigenvalue weighted by Crippen LogP contribution is 2.25. The van der Waals surface area contributed by atoms with Crippen LogP contribution in [0.2, 0.25) is 0 Å². The molecule has 5 nitrogen and oxygen atoms in total. The lowest BCUT2D eigenvalue weighted by atomic mass is 10.0. The first kappa shape index (κ1) is 21.6. The van der Waals surface area contributed by atoms with Crippen molar-refractivity contribution in [2.24, 2.45) is 0 Å². The van der Waals surface area contributed by atoms with Gasteiger partial charge in [-0.2, -0.15) is 0 Å². The predicted octanol–water partition coefficient (Wildman–Crippen LogP) is 2.15. The molecular formula is C19H26ClF2N3O2. The normalized spacial score (nSPS) is 22.1. The van der Waals surface area contributed by atoms with Gasteiger partial charge in [-0.3, -0.25) is 14.9 Å². The zero-order chi connectivity index (χ0) is 18.6.